The first-order valence-electron chi connectivity index (χ1n) is 6.94. The zero-order valence-electron chi connectivity index (χ0n) is 12.2. The van der Waals surface area contributed by atoms with Gasteiger partial charge in [-0.15, -0.1) is 11.3 Å². The number of sulfonamides is 1. The van der Waals surface area contributed by atoms with E-state index in [0.717, 1.165) is 9.35 Å². The van der Waals surface area contributed by atoms with Crippen LogP contribution in [0.1, 0.15) is 19.4 Å². The molecule has 0 amide bonds. The number of nitrogens with zero attached hydrogens (tertiary/aromatic N) is 1. The van der Waals surface area contributed by atoms with Crippen LogP contribution < -0.4 is 5.32 Å². The minimum atomic E-state index is -3.21. The number of morpholine rings is 1. The molecular formula is C13H21BrN2O3S2. The molecular weight excluding hydrogens is 376 g/mol. The van der Waals surface area contributed by atoms with Crippen LogP contribution >= 0.6 is 27.3 Å². The topological polar surface area (TPSA) is 58.6 Å². The van der Waals surface area contributed by atoms with Gasteiger partial charge in [-0.3, -0.25) is 0 Å². The van der Waals surface area contributed by atoms with Crippen molar-refractivity contribution in [2.24, 2.45) is 0 Å². The maximum Gasteiger partial charge on any atom is 0.215 e. The molecule has 5 nitrogen and oxygen atoms in total. The first-order valence-corrected chi connectivity index (χ1v) is 10.2. The van der Waals surface area contributed by atoms with Crippen LogP contribution in [0.3, 0.4) is 0 Å². The fourth-order valence-corrected chi connectivity index (χ4v) is 5.10. The van der Waals surface area contributed by atoms with Crippen molar-refractivity contribution in [3.8, 4) is 0 Å². The van der Waals surface area contributed by atoms with Crippen LogP contribution in [0.25, 0.3) is 0 Å². The monoisotopic (exact) mass is 396 g/mol. The molecule has 2 heterocycles. The summed E-state index contributed by atoms with van der Waals surface area (Å²) in [6, 6.07) is 2.04. The maximum atomic E-state index is 12.3. The quantitative estimate of drug-likeness (QED) is 0.747. The van der Waals surface area contributed by atoms with Crippen molar-refractivity contribution in [1.82, 2.24) is 9.62 Å². The number of ether oxygens (including phenoxy) is 1. The second-order valence-corrected chi connectivity index (χ2v) is 9.71. The molecule has 0 bridgehead atoms. The molecule has 0 spiro atoms. The molecule has 21 heavy (non-hydrogen) atoms. The van der Waals surface area contributed by atoms with Gasteiger partial charge in [-0.25, -0.2) is 8.42 Å². The molecule has 2 atom stereocenters. The third-order valence-corrected chi connectivity index (χ3v) is 6.63. The number of hydrogen-bond donors (Lipinski definition) is 1. The Bertz CT molecular complexity index is 552. The minimum absolute atomic E-state index is 0.0420. The zero-order chi connectivity index (χ0) is 15.5. The lowest BCUT2D eigenvalue weighted by Gasteiger charge is -2.34. The molecule has 0 radical (unpaired) electrons. The van der Waals surface area contributed by atoms with Crippen LogP contribution in [0.5, 0.6) is 0 Å². The Morgan fingerprint density at radius 2 is 2.10 bits per heavy atom. The molecule has 1 aliphatic heterocycles. The van der Waals surface area contributed by atoms with Crippen LogP contribution in [0.2, 0.25) is 0 Å². The number of thiophene rings is 1. The summed E-state index contributed by atoms with van der Waals surface area (Å²) in [4.78, 5) is 0. The van der Waals surface area contributed by atoms with E-state index in [1.165, 1.54) is 0 Å². The minimum Gasteiger partial charge on any atom is -0.373 e. The Morgan fingerprint density at radius 3 is 2.67 bits per heavy atom. The van der Waals surface area contributed by atoms with E-state index in [1.54, 1.807) is 15.6 Å². The second-order valence-electron chi connectivity index (χ2n) is 5.33. The van der Waals surface area contributed by atoms with Crippen molar-refractivity contribution in [1.29, 1.82) is 0 Å². The third-order valence-electron chi connectivity index (χ3n) is 3.27. The highest BCUT2D eigenvalue weighted by Gasteiger charge is 2.30. The van der Waals surface area contributed by atoms with Gasteiger partial charge in [-0.2, -0.15) is 4.31 Å². The Kier molecular flexibility index (Phi) is 6.22. The van der Waals surface area contributed by atoms with Gasteiger partial charge in [0, 0.05) is 26.2 Å². The van der Waals surface area contributed by atoms with E-state index in [2.05, 4.69) is 26.6 Å². The fourth-order valence-electron chi connectivity index (χ4n) is 2.36. The molecule has 2 rings (SSSR count). The molecule has 0 unspecified atom stereocenters. The van der Waals surface area contributed by atoms with Crippen LogP contribution in [0.15, 0.2) is 15.2 Å². The smallest absolute Gasteiger partial charge is 0.215 e. The summed E-state index contributed by atoms with van der Waals surface area (Å²) in [6.07, 6.45) is -0.0840. The SMILES string of the molecule is C[C@H]1CN(S(=O)(=O)CCNCc2csc(Br)c2)C[C@H](C)O1. The van der Waals surface area contributed by atoms with E-state index in [1.807, 2.05) is 19.9 Å². The number of rotatable bonds is 6. The number of nitrogens with one attached hydrogen (secondary N) is 1. The first-order chi connectivity index (χ1) is 9.87. The highest BCUT2D eigenvalue weighted by atomic mass is 79.9. The molecule has 8 heteroatoms. The fraction of sp³-hybridized carbons (Fsp3) is 0.692. The highest BCUT2D eigenvalue weighted by Crippen LogP contribution is 2.20. The summed E-state index contributed by atoms with van der Waals surface area (Å²) in [5.41, 5.74) is 1.16. The Balaban J connectivity index is 1.78. The predicted octanol–water partition coefficient (Wildman–Crippen LogP) is 2.04. The zero-order valence-corrected chi connectivity index (χ0v) is 15.4. The van der Waals surface area contributed by atoms with Gasteiger partial charge in [0.25, 0.3) is 0 Å². The Hall–Kier alpha value is 0.01000. The predicted molar refractivity (Wildman–Crippen MR) is 89.1 cm³/mol. The van der Waals surface area contributed by atoms with Gasteiger partial charge >= 0.3 is 0 Å². The summed E-state index contributed by atoms with van der Waals surface area (Å²) in [6.45, 7) is 5.85. The average Bonchev–Trinajstić information content (AvgIpc) is 2.79. The van der Waals surface area contributed by atoms with Gasteiger partial charge in [0.15, 0.2) is 0 Å². The molecule has 1 N–H and O–H groups in total. The summed E-state index contributed by atoms with van der Waals surface area (Å²) >= 11 is 5.04. The number of hydrogen-bond acceptors (Lipinski definition) is 5. The molecule has 0 aliphatic carbocycles. The second kappa shape index (κ2) is 7.52. The lowest BCUT2D eigenvalue weighted by atomic mass is 10.3. The summed E-state index contributed by atoms with van der Waals surface area (Å²) < 4.78 is 32.8. The van der Waals surface area contributed by atoms with Gasteiger partial charge in [0.2, 0.25) is 10.0 Å². The number of halogens is 1. The molecule has 1 aromatic rings. The highest BCUT2D eigenvalue weighted by molar-refractivity contribution is 9.11. The third kappa shape index (κ3) is 5.30. The molecule has 0 aromatic carbocycles. The average molecular weight is 397 g/mol. The standard InChI is InChI=1S/C13H21BrN2O3S2/c1-10-7-16(8-11(2)19-10)21(17,18)4-3-15-6-12-5-13(14)20-9-12/h5,9-11,15H,3-4,6-8H2,1-2H3/t10-,11-/m0/s1. The van der Waals surface area contributed by atoms with E-state index in [4.69, 9.17) is 4.74 Å². The van der Waals surface area contributed by atoms with Crippen LogP contribution in [0.4, 0.5) is 0 Å². The summed E-state index contributed by atoms with van der Waals surface area (Å²) in [5.74, 6) is 0.123. The van der Waals surface area contributed by atoms with Gasteiger partial charge in [-0.1, -0.05) is 0 Å². The summed E-state index contributed by atoms with van der Waals surface area (Å²) in [5, 5.41) is 5.23. The van der Waals surface area contributed by atoms with Crippen molar-refractivity contribution >= 4 is 37.3 Å². The summed E-state index contributed by atoms with van der Waals surface area (Å²) in [7, 11) is -3.21. The van der Waals surface area contributed by atoms with Crippen molar-refractivity contribution in [3.63, 3.8) is 0 Å². The molecule has 120 valence electrons. The van der Waals surface area contributed by atoms with E-state index in [0.29, 0.717) is 26.2 Å². The van der Waals surface area contributed by atoms with E-state index < -0.39 is 10.0 Å². The molecule has 1 saturated heterocycles. The van der Waals surface area contributed by atoms with Gasteiger partial charge in [-0.05, 0) is 46.8 Å². The first kappa shape index (κ1) is 17.4. The van der Waals surface area contributed by atoms with Crippen molar-refractivity contribution in [2.45, 2.75) is 32.6 Å². The van der Waals surface area contributed by atoms with Crippen molar-refractivity contribution in [2.75, 3.05) is 25.4 Å². The lowest BCUT2D eigenvalue weighted by Crippen LogP contribution is -2.49. The van der Waals surface area contributed by atoms with Crippen LogP contribution in [-0.4, -0.2) is 50.3 Å². The Morgan fingerprint density at radius 1 is 1.43 bits per heavy atom. The van der Waals surface area contributed by atoms with E-state index in [9.17, 15) is 8.42 Å². The van der Waals surface area contributed by atoms with Crippen LogP contribution in [0, 0.1) is 0 Å². The van der Waals surface area contributed by atoms with Gasteiger partial charge in [0.05, 0.1) is 21.7 Å². The van der Waals surface area contributed by atoms with Crippen molar-refractivity contribution in [3.05, 3.63) is 20.8 Å². The van der Waals surface area contributed by atoms with E-state index >= 15 is 0 Å². The molecule has 0 saturated carbocycles. The van der Waals surface area contributed by atoms with Gasteiger partial charge in [0.1, 0.15) is 0 Å². The normalized spacial score (nSPS) is 24.3. The molecule has 1 fully saturated rings. The van der Waals surface area contributed by atoms with E-state index in [-0.39, 0.29) is 18.0 Å². The van der Waals surface area contributed by atoms with Crippen LogP contribution in [-0.2, 0) is 21.3 Å². The largest absolute Gasteiger partial charge is 0.373 e. The Labute approximate surface area is 138 Å². The van der Waals surface area contributed by atoms with Gasteiger partial charge < -0.3 is 10.1 Å². The maximum absolute atomic E-state index is 12.3. The molecule has 1 aliphatic rings. The molecule has 1 aromatic heterocycles. The lowest BCUT2D eigenvalue weighted by molar-refractivity contribution is -0.0440. The van der Waals surface area contributed by atoms with Crippen molar-refractivity contribution < 1.29 is 13.2 Å².